The van der Waals surface area contributed by atoms with Crippen LogP contribution in [0.5, 0.6) is 0 Å². The van der Waals surface area contributed by atoms with E-state index in [1.807, 2.05) is 0 Å². The van der Waals surface area contributed by atoms with E-state index >= 15 is 0 Å². The van der Waals surface area contributed by atoms with Crippen LogP contribution >= 0.6 is 0 Å². The molecule has 0 N–H and O–H groups in total. The third-order valence-electron chi connectivity index (χ3n) is 0. The van der Waals surface area contributed by atoms with Gasteiger partial charge in [0.25, 0.3) is 0 Å². The number of hydrogen-bond donors (Lipinski definition) is 0. The molecule has 0 aliphatic heterocycles. The molecule has 0 heterocycles. The fraction of sp³-hybridized carbons (Fsp3) is 0. The molecule has 0 aromatic heterocycles. The summed E-state index contributed by atoms with van der Waals surface area (Å²) >= 11 is 0. The SMILES string of the molecule is O=S(=O)([O-])[O-].[Tl+]. The minimum Gasteiger partial charge on any atom is -0.759 e. The van der Waals surface area contributed by atoms with Crippen molar-refractivity contribution in [3.63, 3.8) is 0 Å². The Morgan fingerprint density at radius 3 is 1.17 bits per heavy atom. The number of rotatable bonds is 0. The van der Waals surface area contributed by atoms with Crippen LogP contribution < -0.4 is 0 Å². The van der Waals surface area contributed by atoms with Gasteiger partial charge in [0.15, 0.2) is 0 Å². The third kappa shape index (κ3) is 110. The summed E-state index contributed by atoms with van der Waals surface area (Å²) in [7, 11) is -5.17. The summed E-state index contributed by atoms with van der Waals surface area (Å²) in [5.41, 5.74) is 0. The van der Waals surface area contributed by atoms with Crippen molar-refractivity contribution in [3.8, 4) is 0 Å². The van der Waals surface area contributed by atoms with E-state index < -0.39 is 10.4 Å². The molecule has 0 saturated carbocycles. The molecule has 34 valence electrons. The van der Waals surface area contributed by atoms with E-state index in [2.05, 4.69) is 0 Å². The Bertz CT molecular complexity index is 90.7. The molecule has 0 rings (SSSR count). The van der Waals surface area contributed by atoms with Crippen molar-refractivity contribution in [1.29, 1.82) is 0 Å². The molecular formula is O4STl-. The molecule has 6 heavy (non-hydrogen) atoms. The van der Waals surface area contributed by atoms with Gasteiger partial charge in [0.05, 0.1) is 0 Å². The molecule has 0 radical (unpaired) electrons. The zero-order valence-corrected chi connectivity index (χ0v) is 7.92. The molecular weight excluding hydrogens is 300 g/mol. The van der Waals surface area contributed by atoms with E-state index in [0.29, 0.717) is 0 Å². The van der Waals surface area contributed by atoms with Crippen LogP contribution in [0.2, 0.25) is 0 Å². The molecule has 0 fully saturated rings. The summed E-state index contributed by atoms with van der Waals surface area (Å²) in [4.78, 5) is 0. The van der Waals surface area contributed by atoms with Crippen LogP contribution in [0.4, 0.5) is 0 Å². The van der Waals surface area contributed by atoms with E-state index in [9.17, 15) is 0 Å². The molecule has 0 bridgehead atoms. The maximum absolute atomic E-state index is 8.52. The topological polar surface area (TPSA) is 80.3 Å². The summed E-state index contributed by atoms with van der Waals surface area (Å²) in [6.45, 7) is 0. The quantitative estimate of drug-likeness (QED) is 0.303. The van der Waals surface area contributed by atoms with Gasteiger partial charge in [-0.15, -0.1) is 0 Å². The van der Waals surface area contributed by atoms with E-state index in [4.69, 9.17) is 17.5 Å². The fourth-order valence-electron chi connectivity index (χ4n) is 0. The Labute approximate surface area is 55.3 Å². The Morgan fingerprint density at radius 1 is 1.17 bits per heavy atom. The van der Waals surface area contributed by atoms with Crippen LogP contribution in [0, 0.1) is 0 Å². The van der Waals surface area contributed by atoms with Crippen molar-refractivity contribution < 1.29 is 17.5 Å². The molecule has 0 spiro atoms. The van der Waals surface area contributed by atoms with Crippen molar-refractivity contribution in [2.75, 3.05) is 0 Å². The Balaban J connectivity index is 0. The zero-order valence-electron chi connectivity index (χ0n) is 2.62. The first-order chi connectivity index (χ1) is 2.00. The predicted octanol–water partition coefficient (Wildman–Crippen LogP) is -1.72. The third-order valence-corrected chi connectivity index (χ3v) is 0. The van der Waals surface area contributed by atoms with E-state index in [-0.39, 0.29) is 27.3 Å². The maximum Gasteiger partial charge on any atom is 1.00 e. The van der Waals surface area contributed by atoms with Gasteiger partial charge in [-0.25, -0.2) is 0 Å². The van der Waals surface area contributed by atoms with Gasteiger partial charge in [0, 0.05) is 10.4 Å². The van der Waals surface area contributed by atoms with E-state index in [1.165, 1.54) is 0 Å². The Hall–Kier alpha value is 0.792. The first-order valence-corrected chi connectivity index (χ1v) is 2.00. The van der Waals surface area contributed by atoms with Gasteiger partial charge in [-0.3, -0.25) is 8.42 Å². The minimum absolute atomic E-state index is 0. The average molecular weight is 300 g/mol. The smallest absolute Gasteiger partial charge is 0.759 e. The standard InChI is InChI=1S/H2O4S.Tl/c1-5(2,3)4;/h(H2,1,2,3,4);/q;+1/p-2. The van der Waals surface area contributed by atoms with Crippen LogP contribution in [0.25, 0.3) is 0 Å². The van der Waals surface area contributed by atoms with Crippen molar-refractivity contribution >= 4 is 37.7 Å². The minimum atomic E-state index is -5.17. The van der Waals surface area contributed by atoms with Gasteiger partial charge in [-0.1, -0.05) is 0 Å². The molecule has 0 amide bonds. The van der Waals surface area contributed by atoms with Crippen LogP contribution in [0.1, 0.15) is 0 Å². The van der Waals surface area contributed by atoms with Gasteiger partial charge >= 0.3 is 27.3 Å². The Kier molecular flexibility index (Phi) is 4.77. The van der Waals surface area contributed by atoms with E-state index in [0.717, 1.165) is 0 Å². The molecule has 0 aliphatic rings. The summed E-state index contributed by atoms with van der Waals surface area (Å²) in [6, 6.07) is 0. The van der Waals surface area contributed by atoms with Crippen molar-refractivity contribution in [3.05, 3.63) is 0 Å². The maximum atomic E-state index is 8.52. The first-order valence-electron chi connectivity index (χ1n) is 0.667. The molecule has 4 nitrogen and oxygen atoms in total. The molecule has 0 aromatic carbocycles. The monoisotopic (exact) mass is 301 g/mol. The predicted molar refractivity (Wildman–Crippen MR) is 16.2 cm³/mol. The van der Waals surface area contributed by atoms with Gasteiger partial charge in [-0.2, -0.15) is 0 Å². The van der Waals surface area contributed by atoms with Crippen LogP contribution in [0.15, 0.2) is 0 Å². The van der Waals surface area contributed by atoms with Crippen molar-refractivity contribution in [1.82, 2.24) is 0 Å². The average Bonchev–Trinajstić information content (AvgIpc) is 0.722. The second-order valence-corrected chi connectivity index (χ2v) is 1.22. The van der Waals surface area contributed by atoms with Gasteiger partial charge in [-0.05, 0) is 0 Å². The summed E-state index contributed by atoms with van der Waals surface area (Å²) < 4.78 is 34.1. The zero-order chi connectivity index (χ0) is 4.50. The summed E-state index contributed by atoms with van der Waals surface area (Å²) in [5.74, 6) is 0. The van der Waals surface area contributed by atoms with E-state index in [1.54, 1.807) is 0 Å². The Morgan fingerprint density at radius 2 is 1.17 bits per heavy atom. The first kappa shape index (κ1) is 9.92. The molecule has 0 atom stereocenters. The molecule has 6 heteroatoms. The van der Waals surface area contributed by atoms with Gasteiger partial charge in [0.1, 0.15) is 0 Å². The van der Waals surface area contributed by atoms with Crippen LogP contribution in [-0.4, -0.2) is 44.8 Å². The second kappa shape index (κ2) is 2.88. The summed E-state index contributed by atoms with van der Waals surface area (Å²) in [5, 5.41) is 0. The fourth-order valence-corrected chi connectivity index (χ4v) is 0. The summed E-state index contributed by atoms with van der Waals surface area (Å²) in [6.07, 6.45) is 0. The second-order valence-electron chi connectivity index (χ2n) is 0.408. The normalized spacial score (nSPS) is 9.67. The van der Waals surface area contributed by atoms with Gasteiger partial charge in [0.2, 0.25) is 0 Å². The van der Waals surface area contributed by atoms with Crippen LogP contribution in [0.3, 0.4) is 0 Å². The molecule has 0 unspecified atom stereocenters. The van der Waals surface area contributed by atoms with Crippen LogP contribution in [-0.2, 0) is 10.4 Å². The molecule has 0 aliphatic carbocycles. The largest absolute Gasteiger partial charge is 1.00 e. The van der Waals surface area contributed by atoms with Gasteiger partial charge < -0.3 is 9.11 Å². The van der Waals surface area contributed by atoms with Crippen molar-refractivity contribution in [2.24, 2.45) is 0 Å². The molecule has 0 aromatic rings. The number of hydrogen-bond acceptors (Lipinski definition) is 4. The molecule has 0 saturated heterocycles. The van der Waals surface area contributed by atoms with Crippen molar-refractivity contribution in [2.45, 2.75) is 0 Å².